The molecule has 0 spiro atoms. The molecule has 0 aliphatic heterocycles. The van der Waals surface area contributed by atoms with Crippen molar-refractivity contribution in [2.24, 2.45) is 0 Å². The van der Waals surface area contributed by atoms with E-state index < -0.39 is 0 Å². The highest BCUT2D eigenvalue weighted by atomic mass is 35.5. The molecule has 0 radical (unpaired) electrons. The molecule has 0 saturated carbocycles. The van der Waals surface area contributed by atoms with Crippen LogP contribution in [0.25, 0.3) is 0 Å². The molecule has 2 aromatic carbocycles. The molecule has 0 aromatic heterocycles. The van der Waals surface area contributed by atoms with Gasteiger partial charge in [-0.05, 0) is 41.8 Å². The van der Waals surface area contributed by atoms with Crippen LogP contribution in [-0.2, 0) is 19.6 Å². The van der Waals surface area contributed by atoms with E-state index >= 15 is 0 Å². The van der Waals surface area contributed by atoms with Gasteiger partial charge in [0, 0.05) is 11.3 Å². The van der Waals surface area contributed by atoms with Crippen molar-refractivity contribution in [2.75, 3.05) is 52.3 Å². The first-order chi connectivity index (χ1) is 15.6. The Hall–Kier alpha value is -2.23. The van der Waals surface area contributed by atoms with E-state index in [1.807, 2.05) is 24.3 Å². The fourth-order valence-corrected chi connectivity index (χ4v) is 3.11. The van der Waals surface area contributed by atoms with Gasteiger partial charge < -0.3 is 23.7 Å². The number of halogens is 1. The maximum absolute atomic E-state index is 5.76. The molecule has 0 unspecified atom stereocenters. The maximum Gasteiger partial charge on any atom is 0.148 e. The van der Waals surface area contributed by atoms with Crippen molar-refractivity contribution in [3.8, 4) is 23.8 Å². The lowest BCUT2D eigenvalue weighted by molar-refractivity contribution is -0.0613. The number of ether oxygens (including phenoxy) is 5. The first kappa shape index (κ1) is 26.0. The van der Waals surface area contributed by atoms with Gasteiger partial charge in [0.2, 0.25) is 0 Å². The summed E-state index contributed by atoms with van der Waals surface area (Å²) < 4.78 is 27.2. The Morgan fingerprint density at radius 3 is 1.84 bits per heavy atom. The third-order valence-corrected chi connectivity index (χ3v) is 5.19. The molecule has 0 aliphatic rings. The average molecular weight is 461 g/mol. The van der Waals surface area contributed by atoms with Crippen molar-refractivity contribution in [1.82, 2.24) is 0 Å². The minimum Gasteiger partial charge on any atom is -0.494 e. The average Bonchev–Trinajstić information content (AvgIpc) is 2.81. The molecule has 32 heavy (non-hydrogen) atoms. The van der Waals surface area contributed by atoms with Crippen LogP contribution in [0.2, 0.25) is 0 Å². The molecular formula is C26H33ClO5. The van der Waals surface area contributed by atoms with E-state index in [1.54, 1.807) is 0 Å². The van der Waals surface area contributed by atoms with E-state index in [9.17, 15) is 0 Å². The highest BCUT2D eigenvalue weighted by molar-refractivity contribution is 6.17. The second-order valence-electron chi connectivity index (χ2n) is 7.60. The van der Waals surface area contributed by atoms with Gasteiger partial charge >= 0.3 is 0 Å². The quantitative estimate of drug-likeness (QED) is 0.152. The summed E-state index contributed by atoms with van der Waals surface area (Å²) in [6, 6.07) is 16.4. The summed E-state index contributed by atoms with van der Waals surface area (Å²) in [5, 5.41) is 0. The van der Waals surface area contributed by atoms with E-state index in [1.165, 1.54) is 11.1 Å². The topological polar surface area (TPSA) is 46.2 Å². The van der Waals surface area contributed by atoms with Crippen LogP contribution in [0, 0.1) is 12.3 Å². The molecule has 0 N–H and O–H groups in total. The van der Waals surface area contributed by atoms with Gasteiger partial charge in [0.1, 0.15) is 31.5 Å². The standard InChI is InChI=1S/C26H33ClO5/c1-4-15-29-21-30-18-17-28-19-20-32-25-12-8-23(9-13-25)26(2,3)22-6-10-24(11-7-22)31-16-5-14-27/h1,6-13H,5,14-21H2,2-3H3. The van der Waals surface area contributed by atoms with Gasteiger partial charge in [-0.25, -0.2) is 0 Å². The van der Waals surface area contributed by atoms with Crippen LogP contribution >= 0.6 is 11.6 Å². The molecular weight excluding hydrogens is 428 g/mol. The summed E-state index contributed by atoms with van der Waals surface area (Å²) in [5.74, 6) is 4.66. The molecule has 0 saturated heterocycles. The zero-order chi connectivity index (χ0) is 23.1. The van der Waals surface area contributed by atoms with Crippen LogP contribution in [0.5, 0.6) is 11.5 Å². The Morgan fingerprint density at radius 2 is 1.28 bits per heavy atom. The van der Waals surface area contributed by atoms with Crippen LogP contribution in [0.3, 0.4) is 0 Å². The Morgan fingerprint density at radius 1 is 0.750 bits per heavy atom. The maximum atomic E-state index is 5.76. The number of rotatable bonds is 16. The zero-order valence-corrected chi connectivity index (χ0v) is 19.7. The van der Waals surface area contributed by atoms with Gasteiger partial charge in [0.15, 0.2) is 0 Å². The predicted molar refractivity (Wildman–Crippen MR) is 128 cm³/mol. The molecule has 0 atom stereocenters. The van der Waals surface area contributed by atoms with Crippen LogP contribution in [0.4, 0.5) is 0 Å². The van der Waals surface area contributed by atoms with Gasteiger partial charge in [-0.15, -0.1) is 18.0 Å². The molecule has 0 fully saturated rings. The molecule has 0 heterocycles. The lowest BCUT2D eigenvalue weighted by Crippen LogP contribution is -2.18. The molecule has 0 bridgehead atoms. The van der Waals surface area contributed by atoms with Crippen molar-refractivity contribution in [3.63, 3.8) is 0 Å². The summed E-state index contributed by atoms with van der Waals surface area (Å²) >= 11 is 5.70. The fourth-order valence-electron chi connectivity index (χ4n) is 3.00. The van der Waals surface area contributed by atoms with Crippen LogP contribution in [0.15, 0.2) is 48.5 Å². The first-order valence-corrected chi connectivity index (χ1v) is 11.3. The molecule has 174 valence electrons. The van der Waals surface area contributed by atoms with E-state index in [-0.39, 0.29) is 18.8 Å². The summed E-state index contributed by atoms with van der Waals surface area (Å²) in [5.41, 5.74) is 2.29. The van der Waals surface area contributed by atoms with E-state index in [0.717, 1.165) is 17.9 Å². The summed E-state index contributed by atoms with van der Waals surface area (Å²) in [6.07, 6.45) is 5.91. The van der Waals surface area contributed by atoms with Gasteiger partial charge in [-0.1, -0.05) is 44.0 Å². The summed E-state index contributed by atoms with van der Waals surface area (Å²) in [4.78, 5) is 0. The Kier molecular flexibility index (Phi) is 12.0. The normalized spacial score (nSPS) is 11.2. The van der Waals surface area contributed by atoms with Crippen LogP contribution < -0.4 is 9.47 Å². The van der Waals surface area contributed by atoms with Crippen molar-refractivity contribution in [2.45, 2.75) is 25.7 Å². The van der Waals surface area contributed by atoms with E-state index in [2.05, 4.69) is 44.0 Å². The minimum absolute atomic E-state index is 0.139. The monoisotopic (exact) mass is 460 g/mol. The molecule has 2 rings (SSSR count). The van der Waals surface area contributed by atoms with Crippen molar-refractivity contribution in [3.05, 3.63) is 59.7 Å². The van der Waals surface area contributed by atoms with Crippen molar-refractivity contribution < 1.29 is 23.7 Å². The molecule has 0 amide bonds. The highest BCUT2D eigenvalue weighted by Gasteiger charge is 2.23. The summed E-state index contributed by atoms with van der Waals surface area (Å²) in [7, 11) is 0. The SMILES string of the molecule is C#CCOCOCCOCCOc1ccc(C(C)(C)c2ccc(OCCCCl)cc2)cc1. The molecule has 2 aromatic rings. The molecule has 5 nitrogen and oxygen atoms in total. The number of benzene rings is 2. The highest BCUT2D eigenvalue weighted by Crippen LogP contribution is 2.33. The van der Waals surface area contributed by atoms with Crippen LogP contribution in [0.1, 0.15) is 31.4 Å². The van der Waals surface area contributed by atoms with Crippen LogP contribution in [-0.4, -0.2) is 52.3 Å². The number of alkyl halides is 1. The Balaban J connectivity index is 1.73. The minimum atomic E-state index is -0.139. The zero-order valence-electron chi connectivity index (χ0n) is 19.0. The number of hydrogen-bond donors (Lipinski definition) is 0. The lowest BCUT2D eigenvalue weighted by Gasteiger charge is -2.26. The first-order valence-electron chi connectivity index (χ1n) is 10.8. The van der Waals surface area contributed by atoms with Gasteiger partial charge in [-0.3, -0.25) is 0 Å². The Bertz CT molecular complexity index is 796. The lowest BCUT2D eigenvalue weighted by atomic mass is 9.78. The largest absolute Gasteiger partial charge is 0.494 e. The van der Waals surface area contributed by atoms with Gasteiger partial charge in [0.05, 0.1) is 26.4 Å². The predicted octanol–water partition coefficient (Wildman–Crippen LogP) is 5.04. The van der Waals surface area contributed by atoms with E-state index in [0.29, 0.717) is 38.9 Å². The number of terminal acetylenes is 1. The third-order valence-electron chi connectivity index (χ3n) is 4.92. The van der Waals surface area contributed by atoms with Gasteiger partial charge in [-0.2, -0.15) is 0 Å². The second kappa shape index (κ2) is 14.8. The number of hydrogen-bond acceptors (Lipinski definition) is 5. The van der Waals surface area contributed by atoms with Crippen molar-refractivity contribution >= 4 is 11.6 Å². The Labute approximate surface area is 196 Å². The smallest absolute Gasteiger partial charge is 0.148 e. The second-order valence-corrected chi connectivity index (χ2v) is 7.98. The third kappa shape index (κ3) is 9.10. The van der Waals surface area contributed by atoms with Crippen molar-refractivity contribution in [1.29, 1.82) is 0 Å². The molecule has 0 aliphatic carbocycles. The summed E-state index contributed by atoms with van der Waals surface area (Å²) in [6.45, 7) is 7.37. The molecule has 6 heteroatoms. The van der Waals surface area contributed by atoms with Gasteiger partial charge in [0.25, 0.3) is 0 Å². The van der Waals surface area contributed by atoms with E-state index in [4.69, 9.17) is 41.7 Å². The fraction of sp³-hybridized carbons (Fsp3) is 0.462.